The predicted octanol–water partition coefficient (Wildman–Crippen LogP) is 1.74. The van der Waals surface area contributed by atoms with Crippen LogP contribution in [0.15, 0.2) is 45.6 Å². The van der Waals surface area contributed by atoms with Crippen molar-refractivity contribution in [2.45, 2.75) is 25.2 Å². The number of hydrogen-bond acceptors (Lipinski definition) is 6. The first-order valence-electron chi connectivity index (χ1n) is 6.69. The highest BCUT2D eigenvalue weighted by atomic mass is 16.5. The van der Waals surface area contributed by atoms with Crippen molar-refractivity contribution in [1.29, 1.82) is 0 Å². The van der Waals surface area contributed by atoms with Gasteiger partial charge in [-0.05, 0) is 18.6 Å². The van der Waals surface area contributed by atoms with E-state index >= 15 is 0 Å². The Hall–Kier alpha value is -2.50. The largest absolute Gasteiger partial charge is 0.468 e. The number of methoxy groups -OCH3 is 1. The summed E-state index contributed by atoms with van der Waals surface area (Å²) in [6, 6.07) is 3.40. The third-order valence-electron chi connectivity index (χ3n) is 3.72. The molecule has 0 amide bonds. The Balaban J connectivity index is 2.17. The minimum atomic E-state index is -0.663. The van der Waals surface area contributed by atoms with E-state index in [1.807, 2.05) is 0 Å². The maximum absolute atomic E-state index is 12.3. The number of esters is 1. The van der Waals surface area contributed by atoms with Crippen molar-refractivity contribution in [3.63, 3.8) is 0 Å². The van der Waals surface area contributed by atoms with E-state index in [2.05, 4.69) is 0 Å². The van der Waals surface area contributed by atoms with Crippen LogP contribution in [-0.2, 0) is 19.1 Å². The van der Waals surface area contributed by atoms with Gasteiger partial charge in [-0.3, -0.25) is 4.79 Å². The summed E-state index contributed by atoms with van der Waals surface area (Å²) < 4.78 is 15.7. The number of Topliss-reactive ketones (excluding diaryl/α,β-unsaturated/α-hetero) is 1. The van der Waals surface area contributed by atoms with Gasteiger partial charge in [0.1, 0.15) is 17.1 Å². The molecule has 1 aliphatic carbocycles. The molecule has 0 saturated carbocycles. The maximum atomic E-state index is 12.3. The molecule has 21 heavy (non-hydrogen) atoms. The van der Waals surface area contributed by atoms with Crippen LogP contribution >= 0.6 is 0 Å². The van der Waals surface area contributed by atoms with Crippen molar-refractivity contribution >= 4 is 11.8 Å². The highest BCUT2D eigenvalue weighted by molar-refractivity contribution is 6.03. The van der Waals surface area contributed by atoms with Crippen molar-refractivity contribution < 1.29 is 23.5 Å². The average molecular weight is 289 g/mol. The molecule has 0 fully saturated rings. The van der Waals surface area contributed by atoms with Gasteiger partial charge in [-0.25, -0.2) is 4.79 Å². The number of hydrogen-bond donors (Lipinski definition) is 1. The SMILES string of the molecule is COC(=O)C1=C(N)OC2=C(C(=O)CCC2)[C@@H]1c1ccco1. The number of nitrogens with two attached hydrogens (primary N) is 1. The molecule has 0 spiro atoms. The summed E-state index contributed by atoms with van der Waals surface area (Å²) in [5, 5.41) is 0. The molecule has 0 unspecified atom stereocenters. The van der Waals surface area contributed by atoms with Gasteiger partial charge >= 0.3 is 5.97 Å². The predicted molar refractivity (Wildman–Crippen MR) is 71.6 cm³/mol. The van der Waals surface area contributed by atoms with Crippen molar-refractivity contribution in [3.05, 3.63) is 46.9 Å². The van der Waals surface area contributed by atoms with Gasteiger partial charge < -0.3 is 19.6 Å². The summed E-state index contributed by atoms with van der Waals surface area (Å²) in [4.78, 5) is 24.4. The van der Waals surface area contributed by atoms with Crippen molar-refractivity contribution in [1.82, 2.24) is 0 Å². The monoisotopic (exact) mass is 289 g/mol. The lowest BCUT2D eigenvalue weighted by Gasteiger charge is -2.30. The van der Waals surface area contributed by atoms with Gasteiger partial charge in [0.25, 0.3) is 0 Å². The first-order valence-corrected chi connectivity index (χ1v) is 6.69. The van der Waals surface area contributed by atoms with Gasteiger partial charge in [0.2, 0.25) is 5.88 Å². The van der Waals surface area contributed by atoms with Crippen LogP contribution in [0, 0.1) is 0 Å². The lowest BCUT2D eigenvalue weighted by Crippen LogP contribution is -2.31. The van der Waals surface area contributed by atoms with Crippen LogP contribution in [0.3, 0.4) is 0 Å². The van der Waals surface area contributed by atoms with Gasteiger partial charge in [-0.15, -0.1) is 0 Å². The number of carbonyl (C=O) groups excluding carboxylic acids is 2. The molecule has 2 aliphatic rings. The van der Waals surface area contributed by atoms with E-state index in [1.165, 1.54) is 13.4 Å². The Morgan fingerprint density at radius 2 is 2.24 bits per heavy atom. The van der Waals surface area contributed by atoms with E-state index in [4.69, 9.17) is 19.6 Å². The molecule has 6 nitrogen and oxygen atoms in total. The summed E-state index contributed by atoms with van der Waals surface area (Å²) in [7, 11) is 1.26. The van der Waals surface area contributed by atoms with Gasteiger partial charge in [0.15, 0.2) is 5.78 Å². The van der Waals surface area contributed by atoms with Crippen molar-refractivity contribution in [3.8, 4) is 0 Å². The van der Waals surface area contributed by atoms with E-state index in [1.54, 1.807) is 12.1 Å². The minimum absolute atomic E-state index is 0.0308. The standard InChI is InChI=1S/C15H15NO5/c1-19-15(18)13-12(9-6-3-7-20-9)11-8(17)4-2-5-10(11)21-14(13)16/h3,6-7,12H,2,4-5,16H2,1H3/t12-/m0/s1. The minimum Gasteiger partial charge on any atom is -0.468 e. The molecule has 0 aromatic carbocycles. The Morgan fingerprint density at radius 3 is 2.90 bits per heavy atom. The molecule has 2 N–H and O–H groups in total. The average Bonchev–Trinajstić information content (AvgIpc) is 2.99. The quantitative estimate of drug-likeness (QED) is 0.834. The van der Waals surface area contributed by atoms with Gasteiger partial charge in [0, 0.05) is 18.4 Å². The van der Waals surface area contributed by atoms with Gasteiger partial charge in [-0.1, -0.05) is 0 Å². The number of allylic oxidation sites excluding steroid dienone is 2. The topological polar surface area (TPSA) is 91.8 Å². The van der Waals surface area contributed by atoms with Crippen LogP contribution in [0.25, 0.3) is 0 Å². The van der Waals surface area contributed by atoms with E-state index in [0.29, 0.717) is 36.4 Å². The highest BCUT2D eigenvalue weighted by Crippen LogP contribution is 2.43. The summed E-state index contributed by atoms with van der Waals surface area (Å²) in [5.74, 6) is -0.367. The second-order valence-electron chi connectivity index (χ2n) is 4.93. The fourth-order valence-electron chi connectivity index (χ4n) is 2.81. The molecule has 1 atom stereocenters. The zero-order chi connectivity index (χ0) is 15.0. The molecule has 1 aliphatic heterocycles. The number of rotatable bonds is 2. The maximum Gasteiger partial charge on any atom is 0.340 e. The fourth-order valence-corrected chi connectivity index (χ4v) is 2.81. The first-order chi connectivity index (χ1) is 10.1. The van der Waals surface area contributed by atoms with Gasteiger partial charge in [0.05, 0.1) is 19.3 Å². The molecule has 1 aromatic rings. The van der Waals surface area contributed by atoms with Crippen LogP contribution < -0.4 is 5.73 Å². The summed E-state index contributed by atoms with van der Waals surface area (Å²) in [6.07, 6.45) is 3.24. The number of ketones is 1. The molecule has 0 radical (unpaired) electrons. The zero-order valence-corrected chi connectivity index (χ0v) is 11.5. The van der Waals surface area contributed by atoms with E-state index in [-0.39, 0.29) is 17.2 Å². The van der Waals surface area contributed by atoms with E-state index < -0.39 is 11.9 Å². The summed E-state index contributed by atoms with van der Waals surface area (Å²) in [5.41, 5.74) is 6.44. The third kappa shape index (κ3) is 2.12. The molecule has 2 heterocycles. The zero-order valence-electron chi connectivity index (χ0n) is 11.5. The number of furan rings is 1. The number of ether oxygens (including phenoxy) is 2. The molecule has 0 bridgehead atoms. The molecule has 110 valence electrons. The molecule has 3 rings (SSSR count). The van der Waals surface area contributed by atoms with Crippen LogP contribution in [0.4, 0.5) is 0 Å². The third-order valence-corrected chi connectivity index (χ3v) is 3.72. The fraction of sp³-hybridized carbons (Fsp3) is 0.333. The molecular formula is C15H15NO5. The van der Waals surface area contributed by atoms with Crippen LogP contribution in [-0.4, -0.2) is 18.9 Å². The molecule has 1 aromatic heterocycles. The van der Waals surface area contributed by atoms with Crippen LogP contribution in [0.2, 0.25) is 0 Å². The van der Waals surface area contributed by atoms with Crippen LogP contribution in [0.5, 0.6) is 0 Å². The van der Waals surface area contributed by atoms with Crippen molar-refractivity contribution in [2.24, 2.45) is 5.73 Å². The van der Waals surface area contributed by atoms with Crippen molar-refractivity contribution in [2.75, 3.05) is 7.11 Å². The molecule has 0 saturated heterocycles. The summed E-state index contributed by atoms with van der Waals surface area (Å²) in [6.45, 7) is 0. The van der Waals surface area contributed by atoms with Gasteiger partial charge in [-0.2, -0.15) is 0 Å². The second kappa shape index (κ2) is 5.12. The first kappa shape index (κ1) is 13.5. The Kier molecular flexibility index (Phi) is 3.29. The Labute approximate surface area is 121 Å². The summed E-state index contributed by atoms with van der Waals surface area (Å²) >= 11 is 0. The molecular weight excluding hydrogens is 274 g/mol. The lowest BCUT2D eigenvalue weighted by atomic mass is 9.79. The lowest BCUT2D eigenvalue weighted by molar-refractivity contribution is -0.136. The van der Waals surface area contributed by atoms with E-state index in [0.717, 1.165) is 0 Å². The Bertz CT molecular complexity index is 654. The Morgan fingerprint density at radius 1 is 1.43 bits per heavy atom. The normalized spacial score (nSPS) is 22.0. The highest BCUT2D eigenvalue weighted by Gasteiger charge is 2.42. The second-order valence-corrected chi connectivity index (χ2v) is 4.93. The van der Waals surface area contributed by atoms with E-state index in [9.17, 15) is 9.59 Å². The van der Waals surface area contributed by atoms with Crippen LogP contribution in [0.1, 0.15) is 30.9 Å². The smallest absolute Gasteiger partial charge is 0.340 e. The number of carbonyl (C=O) groups is 2. The molecule has 6 heteroatoms.